The number of unbranched alkanes of at least 4 members (excludes halogenated alkanes) is 2. The molecule has 0 saturated heterocycles. The minimum absolute atomic E-state index is 0.568. The summed E-state index contributed by atoms with van der Waals surface area (Å²) in [5.41, 5.74) is 2.63. The molecule has 0 aromatic carbocycles. The number of hydrogen-bond acceptors (Lipinski definition) is 5. The highest BCUT2D eigenvalue weighted by atomic mass is 32.2. The zero-order valence-electron chi connectivity index (χ0n) is 10.3. The van der Waals surface area contributed by atoms with Crippen molar-refractivity contribution < 1.29 is 0 Å². The van der Waals surface area contributed by atoms with E-state index >= 15 is 0 Å². The Morgan fingerprint density at radius 2 is 2.24 bits per heavy atom. The van der Waals surface area contributed by atoms with Gasteiger partial charge in [0.1, 0.15) is 16.7 Å². The van der Waals surface area contributed by atoms with Gasteiger partial charge < -0.3 is 5.43 Å². The van der Waals surface area contributed by atoms with Gasteiger partial charge in [-0.15, -0.1) is 11.8 Å². The highest BCUT2D eigenvalue weighted by Gasteiger charge is 2.27. The topological polar surface area (TPSA) is 63.8 Å². The third-order valence-corrected chi connectivity index (χ3v) is 3.81. The predicted octanol–water partition coefficient (Wildman–Crippen LogP) is 2.92. The lowest BCUT2D eigenvalue weighted by Gasteiger charge is -2.06. The molecule has 0 atom stereocenters. The zero-order valence-corrected chi connectivity index (χ0v) is 11.1. The van der Waals surface area contributed by atoms with Crippen molar-refractivity contribution >= 4 is 17.6 Å². The molecule has 1 saturated carbocycles. The summed E-state index contributed by atoms with van der Waals surface area (Å²) in [5.74, 6) is 8.82. The molecule has 17 heavy (non-hydrogen) atoms. The van der Waals surface area contributed by atoms with Crippen molar-refractivity contribution in [3.8, 4) is 0 Å². The first-order chi connectivity index (χ1) is 8.33. The average Bonchev–Trinajstić information content (AvgIpc) is 3.18. The second kappa shape index (κ2) is 6.21. The molecule has 0 bridgehead atoms. The molecule has 0 amide bonds. The summed E-state index contributed by atoms with van der Waals surface area (Å²) in [7, 11) is 0. The summed E-state index contributed by atoms with van der Waals surface area (Å²) < 4.78 is 0. The molecule has 0 spiro atoms. The Morgan fingerprint density at radius 3 is 2.88 bits per heavy atom. The Balaban J connectivity index is 1.97. The summed E-state index contributed by atoms with van der Waals surface area (Å²) >= 11 is 1.80. The molecular formula is C12H20N4S. The Kier molecular flexibility index (Phi) is 4.62. The highest BCUT2D eigenvalue weighted by Crippen LogP contribution is 2.39. The molecule has 1 fully saturated rings. The number of thioether (sulfide) groups is 1. The van der Waals surface area contributed by atoms with Crippen LogP contribution in [0.3, 0.4) is 0 Å². The molecule has 2 rings (SSSR count). The van der Waals surface area contributed by atoms with Gasteiger partial charge in [0.25, 0.3) is 0 Å². The van der Waals surface area contributed by atoms with Crippen molar-refractivity contribution in [3.05, 3.63) is 11.9 Å². The van der Waals surface area contributed by atoms with Gasteiger partial charge in [-0.2, -0.15) is 0 Å². The van der Waals surface area contributed by atoms with Gasteiger partial charge in [-0.1, -0.05) is 19.8 Å². The van der Waals surface area contributed by atoms with Crippen molar-refractivity contribution in [2.75, 3.05) is 11.2 Å². The van der Waals surface area contributed by atoms with Crippen LogP contribution in [0.4, 0.5) is 5.82 Å². The monoisotopic (exact) mass is 252 g/mol. The van der Waals surface area contributed by atoms with Crippen LogP contribution in [-0.2, 0) is 0 Å². The lowest BCUT2D eigenvalue weighted by Crippen LogP contribution is -2.10. The fraction of sp³-hybridized carbons (Fsp3) is 0.667. The second-order valence-electron chi connectivity index (χ2n) is 4.42. The number of hydrogen-bond donors (Lipinski definition) is 2. The predicted molar refractivity (Wildman–Crippen MR) is 72.1 cm³/mol. The van der Waals surface area contributed by atoms with Gasteiger partial charge in [-0.3, -0.25) is 0 Å². The SMILES string of the molecule is CCCCCSc1cc(NN)nc(C2CC2)n1. The van der Waals surface area contributed by atoms with Crippen molar-refractivity contribution in [1.29, 1.82) is 0 Å². The lowest BCUT2D eigenvalue weighted by molar-refractivity contribution is 0.777. The molecule has 3 N–H and O–H groups in total. The van der Waals surface area contributed by atoms with Crippen molar-refractivity contribution in [3.63, 3.8) is 0 Å². The quantitative estimate of drug-likeness (QED) is 0.257. The summed E-state index contributed by atoms with van der Waals surface area (Å²) in [6, 6.07) is 1.93. The molecular weight excluding hydrogens is 232 g/mol. The number of nitrogen functional groups attached to an aromatic ring is 1. The number of nitrogens with two attached hydrogens (primary N) is 1. The van der Waals surface area contributed by atoms with Crippen LogP contribution >= 0.6 is 11.8 Å². The number of hydrazine groups is 1. The van der Waals surface area contributed by atoms with Crippen LogP contribution in [0.1, 0.15) is 50.8 Å². The molecule has 0 aliphatic heterocycles. The summed E-state index contributed by atoms with van der Waals surface area (Å²) in [4.78, 5) is 9.00. The van der Waals surface area contributed by atoms with Crippen LogP contribution in [-0.4, -0.2) is 15.7 Å². The zero-order chi connectivity index (χ0) is 12.1. The second-order valence-corrected chi connectivity index (χ2v) is 5.54. The van der Waals surface area contributed by atoms with Gasteiger partial charge in [0.05, 0.1) is 0 Å². The molecule has 94 valence electrons. The molecule has 1 aliphatic rings. The van der Waals surface area contributed by atoms with E-state index in [1.54, 1.807) is 11.8 Å². The Morgan fingerprint density at radius 1 is 1.41 bits per heavy atom. The minimum atomic E-state index is 0.568. The molecule has 1 aliphatic carbocycles. The van der Waals surface area contributed by atoms with Gasteiger partial charge in [-0.05, 0) is 25.0 Å². The molecule has 0 radical (unpaired) electrons. The highest BCUT2D eigenvalue weighted by molar-refractivity contribution is 7.99. The van der Waals surface area contributed by atoms with E-state index in [4.69, 9.17) is 5.84 Å². The number of nitrogens with zero attached hydrogens (tertiary/aromatic N) is 2. The van der Waals surface area contributed by atoms with Crippen molar-refractivity contribution in [1.82, 2.24) is 9.97 Å². The molecule has 0 unspecified atom stereocenters. The summed E-state index contributed by atoms with van der Waals surface area (Å²) in [5, 5.41) is 1.05. The first-order valence-electron chi connectivity index (χ1n) is 6.32. The van der Waals surface area contributed by atoms with E-state index in [0.717, 1.165) is 22.4 Å². The van der Waals surface area contributed by atoms with Crippen LogP contribution in [0.5, 0.6) is 0 Å². The first kappa shape index (κ1) is 12.6. The molecule has 5 heteroatoms. The van der Waals surface area contributed by atoms with Crippen LogP contribution in [0, 0.1) is 0 Å². The van der Waals surface area contributed by atoms with Gasteiger partial charge in [0.15, 0.2) is 0 Å². The fourth-order valence-corrected chi connectivity index (χ4v) is 2.55. The van der Waals surface area contributed by atoms with Gasteiger partial charge in [0.2, 0.25) is 0 Å². The Hall–Kier alpha value is -0.810. The smallest absolute Gasteiger partial charge is 0.144 e. The van der Waals surface area contributed by atoms with Crippen LogP contribution in [0.15, 0.2) is 11.1 Å². The molecule has 1 aromatic heterocycles. The summed E-state index contributed by atoms with van der Waals surface area (Å²) in [6.45, 7) is 2.22. The van der Waals surface area contributed by atoms with E-state index in [0.29, 0.717) is 5.92 Å². The number of aromatic nitrogens is 2. The molecule has 1 aromatic rings. The maximum absolute atomic E-state index is 5.43. The number of rotatable bonds is 7. The van der Waals surface area contributed by atoms with E-state index in [-0.39, 0.29) is 0 Å². The standard InChI is InChI=1S/C12H20N4S/c1-2-3-4-7-17-11-8-10(16-13)14-12(15-11)9-5-6-9/h8-9H,2-7,13H2,1H3,(H,14,15,16). The maximum atomic E-state index is 5.43. The third-order valence-electron chi connectivity index (χ3n) is 2.81. The molecule has 4 nitrogen and oxygen atoms in total. The average molecular weight is 252 g/mol. The normalized spacial score (nSPS) is 14.9. The number of nitrogens with one attached hydrogen (secondary N) is 1. The van der Waals surface area contributed by atoms with Crippen LogP contribution in [0.2, 0.25) is 0 Å². The van der Waals surface area contributed by atoms with Gasteiger partial charge >= 0.3 is 0 Å². The summed E-state index contributed by atoms with van der Waals surface area (Å²) in [6.07, 6.45) is 6.22. The lowest BCUT2D eigenvalue weighted by atomic mass is 10.3. The van der Waals surface area contributed by atoms with Crippen LogP contribution < -0.4 is 11.3 Å². The van der Waals surface area contributed by atoms with Crippen LogP contribution in [0.25, 0.3) is 0 Å². The van der Waals surface area contributed by atoms with Gasteiger partial charge in [-0.25, -0.2) is 15.8 Å². The van der Waals surface area contributed by atoms with Crippen molar-refractivity contribution in [2.24, 2.45) is 5.84 Å². The van der Waals surface area contributed by atoms with Gasteiger partial charge in [0, 0.05) is 12.0 Å². The number of anilines is 1. The van der Waals surface area contributed by atoms with E-state index in [1.807, 2.05) is 6.07 Å². The van der Waals surface area contributed by atoms with Crippen molar-refractivity contribution in [2.45, 2.75) is 50.0 Å². The van der Waals surface area contributed by atoms with E-state index in [1.165, 1.54) is 32.1 Å². The maximum Gasteiger partial charge on any atom is 0.144 e. The molecule has 1 heterocycles. The van der Waals surface area contributed by atoms with E-state index in [2.05, 4.69) is 22.3 Å². The Bertz CT molecular complexity index is 366. The largest absolute Gasteiger partial charge is 0.308 e. The minimum Gasteiger partial charge on any atom is -0.308 e. The first-order valence-corrected chi connectivity index (χ1v) is 7.30. The van der Waals surface area contributed by atoms with E-state index in [9.17, 15) is 0 Å². The third kappa shape index (κ3) is 3.85. The Labute approximate surface area is 107 Å². The fourth-order valence-electron chi connectivity index (χ4n) is 1.64. The van der Waals surface area contributed by atoms with E-state index < -0.39 is 0 Å².